The Hall–Kier alpha value is -4.07. The van der Waals surface area contributed by atoms with E-state index in [0.717, 1.165) is 17.0 Å². The van der Waals surface area contributed by atoms with Crippen LogP contribution < -0.4 is 9.64 Å². The van der Waals surface area contributed by atoms with Gasteiger partial charge in [0.2, 0.25) is 0 Å². The topological polar surface area (TPSA) is 79.7 Å². The van der Waals surface area contributed by atoms with E-state index in [1.807, 2.05) is 0 Å². The average Bonchev–Trinajstić information content (AvgIpc) is 3.06. The molecule has 0 aliphatic carbocycles. The fourth-order valence-electron chi connectivity index (χ4n) is 3.50. The van der Waals surface area contributed by atoms with Crippen molar-refractivity contribution in [3.63, 3.8) is 0 Å². The van der Waals surface area contributed by atoms with E-state index in [4.69, 9.17) is 4.74 Å². The summed E-state index contributed by atoms with van der Waals surface area (Å²) >= 11 is 0. The van der Waals surface area contributed by atoms with Crippen LogP contribution in [0.2, 0.25) is 0 Å². The number of aliphatic hydroxyl groups is 1. The highest BCUT2D eigenvalue weighted by Gasteiger charge is 2.47. The summed E-state index contributed by atoms with van der Waals surface area (Å²) in [6, 6.07) is 11.3. The number of pyridine rings is 1. The van der Waals surface area contributed by atoms with Crippen molar-refractivity contribution in [2.45, 2.75) is 6.04 Å². The smallest absolute Gasteiger partial charge is 0.300 e. The van der Waals surface area contributed by atoms with Crippen LogP contribution in [0.25, 0.3) is 5.76 Å². The molecule has 1 fully saturated rings. The maximum Gasteiger partial charge on any atom is 0.300 e. The highest BCUT2D eigenvalue weighted by molar-refractivity contribution is 6.51. The summed E-state index contributed by atoms with van der Waals surface area (Å²) < 4.78 is 32.5. The van der Waals surface area contributed by atoms with Gasteiger partial charge in [0.15, 0.2) is 11.6 Å². The number of benzene rings is 2. The number of aliphatic hydroxyl groups excluding tert-OH is 1. The first-order valence-corrected chi connectivity index (χ1v) is 9.22. The largest absolute Gasteiger partial charge is 0.507 e. The van der Waals surface area contributed by atoms with Gasteiger partial charge in [0.25, 0.3) is 11.7 Å². The summed E-state index contributed by atoms with van der Waals surface area (Å²) in [7, 11) is 1.49. The van der Waals surface area contributed by atoms with Crippen molar-refractivity contribution < 1.29 is 28.2 Å². The number of aromatic nitrogens is 1. The van der Waals surface area contributed by atoms with Crippen molar-refractivity contribution in [2.24, 2.45) is 0 Å². The number of halogens is 2. The molecular formula is C23H16F2N2O4. The van der Waals surface area contributed by atoms with Crippen LogP contribution >= 0.6 is 0 Å². The monoisotopic (exact) mass is 422 g/mol. The van der Waals surface area contributed by atoms with Gasteiger partial charge in [0, 0.05) is 29.7 Å². The van der Waals surface area contributed by atoms with Crippen molar-refractivity contribution >= 4 is 23.1 Å². The lowest BCUT2D eigenvalue weighted by Crippen LogP contribution is -2.29. The summed E-state index contributed by atoms with van der Waals surface area (Å²) in [6.07, 6.45) is 2.93. The number of carbonyl (C=O) groups excluding carboxylic acids is 2. The molecule has 1 aliphatic heterocycles. The molecule has 1 amide bonds. The maximum absolute atomic E-state index is 13.9. The van der Waals surface area contributed by atoms with Crippen LogP contribution in [0.5, 0.6) is 5.75 Å². The molecule has 1 saturated heterocycles. The van der Waals surface area contributed by atoms with Crippen molar-refractivity contribution in [3.8, 4) is 5.75 Å². The maximum atomic E-state index is 13.9. The summed E-state index contributed by atoms with van der Waals surface area (Å²) in [5.74, 6) is -4.01. The first kappa shape index (κ1) is 20.2. The Bertz CT molecular complexity index is 1190. The minimum Gasteiger partial charge on any atom is -0.507 e. The third-order valence-corrected chi connectivity index (χ3v) is 5.01. The molecule has 0 bridgehead atoms. The SMILES string of the molecule is COc1ccc(/C(O)=C2\C(=O)C(=O)N(c3ccc(F)c(F)c3)C2c2ccncc2)cc1. The number of anilines is 1. The van der Waals surface area contributed by atoms with Gasteiger partial charge in [-0.3, -0.25) is 19.5 Å². The zero-order valence-electron chi connectivity index (χ0n) is 16.3. The molecule has 1 aliphatic rings. The fourth-order valence-corrected chi connectivity index (χ4v) is 3.50. The first-order valence-electron chi connectivity index (χ1n) is 9.22. The average molecular weight is 422 g/mol. The van der Waals surface area contributed by atoms with Crippen LogP contribution in [0.15, 0.2) is 72.6 Å². The number of carbonyl (C=O) groups is 2. The molecule has 1 unspecified atom stereocenters. The predicted molar refractivity (Wildman–Crippen MR) is 108 cm³/mol. The van der Waals surface area contributed by atoms with E-state index in [-0.39, 0.29) is 11.3 Å². The van der Waals surface area contributed by atoms with E-state index in [1.165, 1.54) is 25.6 Å². The molecule has 0 spiro atoms. The summed E-state index contributed by atoms with van der Waals surface area (Å²) in [5.41, 5.74) is 0.569. The number of hydrogen-bond acceptors (Lipinski definition) is 5. The van der Waals surface area contributed by atoms with E-state index in [9.17, 15) is 23.5 Å². The van der Waals surface area contributed by atoms with E-state index < -0.39 is 35.1 Å². The molecule has 0 saturated carbocycles. The number of Topliss-reactive ketones (excluding diaryl/α,β-unsaturated/α-hetero) is 1. The molecule has 156 valence electrons. The molecule has 0 radical (unpaired) electrons. The fraction of sp³-hybridized carbons (Fsp3) is 0.0870. The van der Waals surface area contributed by atoms with Gasteiger partial charge in [-0.25, -0.2) is 8.78 Å². The second-order valence-electron chi connectivity index (χ2n) is 6.78. The molecule has 3 aromatic rings. The van der Waals surface area contributed by atoms with E-state index in [1.54, 1.807) is 36.4 Å². The Morgan fingerprint density at radius 3 is 2.29 bits per heavy atom. The lowest BCUT2D eigenvalue weighted by atomic mass is 9.95. The molecule has 2 aromatic carbocycles. The van der Waals surface area contributed by atoms with Gasteiger partial charge in [-0.05, 0) is 54.1 Å². The minimum absolute atomic E-state index is 0.0170. The summed E-state index contributed by atoms with van der Waals surface area (Å²) in [5, 5.41) is 11.0. The van der Waals surface area contributed by atoms with Crippen LogP contribution in [-0.2, 0) is 9.59 Å². The number of nitrogens with zero attached hydrogens (tertiary/aromatic N) is 2. The normalized spacial score (nSPS) is 17.8. The van der Waals surface area contributed by atoms with Gasteiger partial charge in [0.1, 0.15) is 11.5 Å². The molecule has 8 heteroatoms. The van der Waals surface area contributed by atoms with E-state index in [0.29, 0.717) is 16.9 Å². The lowest BCUT2D eigenvalue weighted by molar-refractivity contribution is -0.132. The molecule has 4 rings (SSSR count). The van der Waals surface area contributed by atoms with Crippen molar-refractivity contribution in [1.82, 2.24) is 4.98 Å². The predicted octanol–water partition coefficient (Wildman–Crippen LogP) is 3.99. The molecule has 1 aromatic heterocycles. The number of ether oxygens (including phenoxy) is 1. The van der Waals surface area contributed by atoms with Crippen molar-refractivity contribution in [1.29, 1.82) is 0 Å². The van der Waals surface area contributed by atoms with Crippen molar-refractivity contribution in [3.05, 3.63) is 95.3 Å². The second-order valence-corrected chi connectivity index (χ2v) is 6.78. The Kier molecular flexibility index (Phi) is 5.21. The molecule has 2 heterocycles. The lowest BCUT2D eigenvalue weighted by Gasteiger charge is -2.25. The quantitative estimate of drug-likeness (QED) is 0.391. The Morgan fingerprint density at radius 1 is 1.00 bits per heavy atom. The van der Waals surface area contributed by atoms with Gasteiger partial charge < -0.3 is 9.84 Å². The van der Waals surface area contributed by atoms with Crippen LogP contribution in [0, 0.1) is 11.6 Å². The van der Waals surface area contributed by atoms with E-state index in [2.05, 4.69) is 4.98 Å². The number of amides is 1. The van der Waals surface area contributed by atoms with E-state index >= 15 is 0 Å². The number of ketones is 1. The second kappa shape index (κ2) is 7.98. The summed E-state index contributed by atoms with van der Waals surface area (Å²) in [6.45, 7) is 0. The third kappa shape index (κ3) is 3.52. The van der Waals surface area contributed by atoms with Crippen molar-refractivity contribution in [2.75, 3.05) is 12.0 Å². The minimum atomic E-state index is -1.16. The molecule has 6 nitrogen and oxygen atoms in total. The van der Waals surface area contributed by atoms with Gasteiger partial charge in [-0.1, -0.05) is 0 Å². The molecule has 31 heavy (non-hydrogen) atoms. The van der Waals surface area contributed by atoms with Gasteiger partial charge in [-0.2, -0.15) is 0 Å². The number of hydrogen-bond donors (Lipinski definition) is 1. The number of rotatable bonds is 4. The Labute approximate surface area is 176 Å². The zero-order chi connectivity index (χ0) is 22.1. The first-order chi connectivity index (χ1) is 14.9. The summed E-state index contributed by atoms with van der Waals surface area (Å²) in [4.78, 5) is 30.8. The van der Waals surface area contributed by atoms with Gasteiger partial charge in [-0.15, -0.1) is 0 Å². The molecule has 1 N–H and O–H groups in total. The third-order valence-electron chi connectivity index (χ3n) is 5.01. The Morgan fingerprint density at radius 2 is 1.68 bits per heavy atom. The zero-order valence-corrected chi connectivity index (χ0v) is 16.3. The molecule has 1 atom stereocenters. The standard InChI is InChI=1S/C23H16F2N2O4/c1-31-16-5-2-14(3-6-16)21(28)19-20(13-8-10-26-11-9-13)27(23(30)22(19)29)15-4-7-17(24)18(25)12-15/h2-12,20,28H,1H3/b21-19+. The van der Waals surface area contributed by atoms with Crippen LogP contribution in [-0.4, -0.2) is 28.9 Å². The Balaban J connectivity index is 1.92. The highest BCUT2D eigenvalue weighted by Crippen LogP contribution is 2.42. The van der Waals surface area contributed by atoms with Crippen LogP contribution in [0.4, 0.5) is 14.5 Å². The van der Waals surface area contributed by atoms with Crippen LogP contribution in [0.3, 0.4) is 0 Å². The van der Waals surface area contributed by atoms with Gasteiger partial charge in [0.05, 0.1) is 18.7 Å². The molecular weight excluding hydrogens is 406 g/mol. The highest BCUT2D eigenvalue weighted by atomic mass is 19.2. The number of methoxy groups -OCH3 is 1. The van der Waals surface area contributed by atoms with Crippen LogP contribution in [0.1, 0.15) is 17.2 Å². The van der Waals surface area contributed by atoms with Gasteiger partial charge >= 0.3 is 0 Å².